The first-order chi connectivity index (χ1) is 13.0. The van der Waals surface area contributed by atoms with Crippen molar-refractivity contribution in [3.63, 3.8) is 0 Å². The second-order valence-electron chi connectivity index (χ2n) is 6.21. The minimum Gasteiger partial charge on any atom is -0.369 e. The molecule has 0 radical (unpaired) electrons. The number of piperazine rings is 1. The van der Waals surface area contributed by atoms with Crippen molar-refractivity contribution in [2.24, 2.45) is 5.10 Å². The van der Waals surface area contributed by atoms with Gasteiger partial charge in [-0.25, -0.2) is 9.82 Å². The van der Waals surface area contributed by atoms with E-state index >= 15 is 0 Å². The van der Waals surface area contributed by atoms with Crippen LogP contribution in [-0.4, -0.2) is 49.7 Å². The van der Waals surface area contributed by atoms with Crippen LogP contribution in [0.5, 0.6) is 0 Å². The average molecular weight is 409 g/mol. The largest absolute Gasteiger partial charge is 0.369 e. The van der Waals surface area contributed by atoms with Crippen LogP contribution in [0.2, 0.25) is 10.0 Å². The first-order valence-electron chi connectivity index (χ1n) is 8.51. The highest BCUT2D eigenvalue weighted by Gasteiger charge is 2.19. The van der Waals surface area contributed by atoms with Gasteiger partial charge in [0.2, 0.25) is 0 Å². The SMILES string of the molecule is O=C(CN1CCN(c2ccc(F)cc2)CC1)NN=Cc1ccc(Cl)c(Cl)c1. The highest BCUT2D eigenvalue weighted by molar-refractivity contribution is 6.42. The third kappa shape index (κ3) is 5.66. The van der Waals surface area contributed by atoms with Gasteiger partial charge in [-0.05, 0) is 42.0 Å². The molecule has 0 saturated carbocycles. The first-order valence-corrected chi connectivity index (χ1v) is 9.27. The summed E-state index contributed by atoms with van der Waals surface area (Å²) in [6.07, 6.45) is 1.52. The van der Waals surface area contributed by atoms with Crippen molar-refractivity contribution < 1.29 is 9.18 Å². The molecule has 1 aliphatic heterocycles. The molecule has 0 aliphatic carbocycles. The normalized spacial score (nSPS) is 15.3. The molecule has 0 aromatic heterocycles. The molecule has 1 heterocycles. The molecular formula is C19H19Cl2FN4O. The minimum absolute atomic E-state index is 0.179. The van der Waals surface area contributed by atoms with Crippen molar-refractivity contribution >= 4 is 41.0 Å². The number of nitrogens with zero attached hydrogens (tertiary/aromatic N) is 3. The molecule has 142 valence electrons. The van der Waals surface area contributed by atoms with Crippen LogP contribution in [0.1, 0.15) is 5.56 Å². The monoisotopic (exact) mass is 408 g/mol. The molecule has 8 heteroatoms. The number of carbonyl (C=O) groups excluding carboxylic acids is 1. The van der Waals surface area contributed by atoms with E-state index in [0.717, 1.165) is 37.4 Å². The number of hydrogen-bond donors (Lipinski definition) is 1. The lowest BCUT2D eigenvalue weighted by Crippen LogP contribution is -2.49. The molecule has 1 aliphatic rings. The molecule has 1 N–H and O–H groups in total. The number of rotatable bonds is 5. The topological polar surface area (TPSA) is 47.9 Å². The fourth-order valence-electron chi connectivity index (χ4n) is 2.83. The summed E-state index contributed by atoms with van der Waals surface area (Å²) >= 11 is 11.8. The number of amides is 1. The minimum atomic E-state index is -0.240. The van der Waals surface area contributed by atoms with Crippen LogP contribution in [0.25, 0.3) is 0 Å². The van der Waals surface area contributed by atoms with Gasteiger partial charge >= 0.3 is 0 Å². The van der Waals surface area contributed by atoms with Gasteiger partial charge in [-0.15, -0.1) is 0 Å². The van der Waals surface area contributed by atoms with E-state index in [2.05, 4.69) is 20.3 Å². The third-order valence-electron chi connectivity index (χ3n) is 4.28. The van der Waals surface area contributed by atoms with Crippen LogP contribution >= 0.6 is 23.2 Å². The second kappa shape index (κ2) is 9.17. The van der Waals surface area contributed by atoms with Gasteiger partial charge in [0.15, 0.2) is 0 Å². The summed E-state index contributed by atoms with van der Waals surface area (Å²) in [4.78, 5) is 16.3. The summed E-state index contributed by atoms with van der Waals surface area (Å²) in [7, 11) is 0. The predicted molar refractivity (Wildman–Crippen MR) is 107 cm³/mol. The van der Waals surface area contributed by atoms with E-state index in [9.17, 15) is 9.18 Å². The molecule has 3 rings (SSSR count). The van der Waals surface area contributed by atoms with Crippen LogP contribution in [0.3, 0.4) is 0 Å². The Morgan fingerprint density at radius 3 is 2.44 bits per heavy atom. The Morgan fingerprint density at radius 2 is 1.78 bits per heavy atom. The quantitative estimate of drug-likeness (QED) is 0.609. The molecule has 27 heavy (non-hydrogen) atoms. The second-order valence-corrected chi connectivity index (χ2v) is 7.02. The number of anilines is 1. The number of halogens is 3. The maximum atomic E-state index is 13.0. The standard InChI is InChI=1S/C19H19Cl2FN4O/c20-17-6-1-14(11-18(17)21)12-23-24-19(27)13-25-7-9-26(10-8-25)16-4-2-15(22)3-5-16/h1-6,11-12H,7-10,13H2,(H,24,27). The zero-order chi connectivity index (χ0) is 19.2. The van der Waals surface area contributed by atoms with Crippen molar-refractivity contribution in [2.75, 3.05) is 37.6 Å². The Kier molecular flexibility index (Phi) is 6.66. The van der Waals surface area contributed by atoms with Crippen LogP contribution in [0, 0.1) is 5.82 Å². The maximum absolute atomic E-state index is 13.0. The molecule has 0 spiro atoms. The smallest absolute Gasteiger partial charge is 0.254 e. The summed E-state index contributed by atoms with van der Waals surface area (Å²) in [5.74, 6) is -0.419. The third-order valence-corrected chi connectivity index (χ3v) is 5.02. The number of hydrogen-bond acceptors (Lipinski definition) is 4. The fourth-order valence-corrected chi connectivity index (χ4v) is 3.13. The zero-order valence-corrected chi connectivity index (χ0v) is 16.0. The van der Waals surface area contributed by atoms with Crippen molar-refractivity contribution in [1.82, 2.24) is 10.3 Å². The average Bonchev–Trinajstić information content (AvgIpc) is 2.66. The van der Waals surface area contributed by atoms with Gasteiger partial charge in [0.05, 0.1) is 22.8 Å². The number of benzene rings is 2. The Balaban J connectivity index is 1.43. The Labute approximate surface area is 167 Å². The van der Waals surface area contributed by atoms with Gasteiger partial charge in [0, 0.05) is 31.9 Å². The maximum Gasteiger partial charge on any atom is 0.254 e. The van der Waals surface area contributed by atoms with Gasteiger partial charge in [-0.2, -0.15) is 5.10 Å². The van der Waals surface area contributed by atoms with Crippen molar-refractivity contribution in [2.45, 2.75) is 0 Å². The first kappa shape index (κ1) is 19.6. The molecule has 2 aromatic rings. The molecule has 1 amide bonds. The van der Waals surface area contributed by atoms with E-state index in [1.807, 2.05) is 0 Å². The van der Waals surface area contributed by atoms with Gasteiger partial charge in [0.1, 0.15) is 5.82 Å². The van der Waals surface area contributed by atoms with Crippen LogP contribution in [0.4, 0.5) is 10.1 Å². The molecule has 0 unspecified atom stereocenters. The zero-order valence-electron chi connectivity index (χ0n) is 14.5. The highest BCUT2D eigenvalue weighted by Crippen LogP contribution is 2.21. The van der Waals surface area contributed by atoms with E-state index in [1.54, 1.807) is 30.3 Å². The van der Waals surface area contributed by atoms with E-state index in [-0.39, 0.29) is 18.3 Å². The van der Waals surface area contributed by atoms with Crippen LogP contribution in [-0.2, 0) is 4.79 Å². The number of nitrogens with one attached hydrogen (secondary N) is 1. The van der Waals surface area contributed by atoms with Crippen molar-refractivity contribution in [3.05, 3.63) is 63.9 Å². The van der Waals surface area contributed by atoms with Gasteiger partial charge in [-0.3, -0.25) is 9.69 Å². The van der Waals surface area contributed by atoms with Crippen LogP contribution < -0.4 is 10.3 Å². The summed E-state index contributed by atoms with van der Waals surface area (Å²) in [6, 6.07) is 11.6. The summed E-state index contributed by atoms with van der Waals surface area (Å²) in [5, 5.41) is 4.86. The van der Waals surface area contributed by atoms with Crippen molar-refractivity contribution in [3.8, 4) is 0 Å². The summed E-state index contributed by atoms with van der Waals surface area (Å²) < 4.78 is 13.0. The summed E-state index contributed by atoms with van der Waals surface area (Å²) in [6.45, 7) is 3.34. The molecule has 0 atom stereocenters. The van der Waals surface area contributed by atoms with E-state index in [4.69, 9.17) is 23.2 Å². The van der Waals surface area contributed by atoms with Gasteiger partial charge in [-0.1, -0.05) is 29.3 Å². The molecular weight excluding hydrogens is 390 g/mol. The molecule has 1 saturated heterocycles. The van der Waals surface area contributed by atoms with Gasteiger partial charge in [0.25, 0.3) is 5.91 Å². The highest BCUT2D eigenvalue weighted by atomic mass is 35.5. The van der Waals surface area contributed by atoms with E-state index in [0.29, 0.717) is 10.0 Å². The lowest BCUT2D eigenvalue weighted by atomic mass is 10.2. The Morgan fingerprint density at radius 1 is 1.07 bits per heavy atom. The summed E-state index contributed by atoms with van der Waals surface area (Å²) in [5.41, 5.74) is 4.26. The molecule has 5 nitrogen and oxygen atoms in total. The molecule has 0 bridgehead atoms. The molecule has 1 fully saturated rings. The fraction of sp³-hybridized carbons (Fsp3) is 0.263. The lowest BCUT2D eigenvalue weighted by molar-refractivity contribution is -0.122. The van der Waals surface area contributed by atoms with Gasteiger partial charge < -0.3 is 4.90 Å². The van der Waals surface area contributed by atoms with E-state index in [1.165, 1.54) is 18.3 Å². The predicted octanol–water partition coefficient (Wildman–Crippen LogP) is 3.40. The molecule has 2 aromatic carbocycles. The van der Waals surface area contributed by atoms with E-state index < -0.39 is 0 Å². The number of carbonyl (C=O) groups is 1. The number of hydrazone groups is 1. The van der Waals surface area contributed by atoms with Crippen LogP contribution in [0.15, 0.2) is 47.6 Å². The Hall–Kier alpha value is -2.15. The lowest BCUT2D eigenvalue weighted by Gasteiger charge is -2.35. The van der Waals surface area contributed by atoms with Crippen molar-refractivity contribution in [1.29, 1.82) is 0 Å². The Bertz CT molecular complexity index is 821.